The molecule has 96 valence electrons. The zero-order chi connectivity index (χ0) is 12.5. The summed E-state index contributed by atoms with van der Waals surface area (Å²) in [7, 11) is 2.02. The summed E-state index contributed by atoms with van der Waals surface area (Å²) in [6.07, 6.45) is 2.33. The number of nitrogens with one attached hydrogen (secondary N) is 2. The van der Waals surface area contributed by atoms with Crippen molar-refractivity contribution in [2.24, 2.45) is 5.92 Å². The number of benzene rings is 1. The third-order valence-corrected chi connectivity index (χ3v) is 3.54. The Morgan fingerprint density at radius 2 is 1.88 bits per heavy atom. The van der Waals surface area contributed by atoms with Gasteiger partial charge in [0.25, 0.3) is 0 Å². The molecule has 17 heavy (non-hydrogen) atoms. The molecule has 1 aromatic rings. The van der Waals surface area contributed by atoms with Crippen LogP contribution in [0.4, 0.5) is 0 Å². The summed E-state index contributed by atoms with van der Waals surface area (Å²) in [4.78, 5) is 0. The summed E-state index contributed by atoms with van der Waals surface area (Å²) in [5.74, 6) is 0.741. The molecule has 0 aliphatic heterocycles. The van der Waals surface area contributed by atoms with Crippen molar-refractivity contribution >= 4 is 15.9 Å². The first-order valence-electron chi connectivity index (χ1n) is 6.36. The highest BCUT2D eigenvalue weighted by Crippen LogP contribution is 2.10. The molecule has 0 amide bonds. The van der Waals surface area contributed by atoms with Gasteiger partial charge in [0, 0.05) is 4.47 Å². The predicted octanol–water partition coefficient (Wildman–Crippen LogP) is 2.83. The molecule has 0 saturated heterocycles. The van der Waals surface area contributed by atoms with Gasteiger partial charge in [-0.05, 0) is 56.7 Å². The highest BCUT2D eigenvalue weighted by molar-refractivity contribution is 9.10. The molecule has 0 bridgehead atoms. The van der Waals surface area contributed by atoms with Gasteiger partial charge in [-0.1, -0.05) is 41.4 Å². The third-order valence-electron chi connectivity index (χ3n) is 3.01. The average Bonchev–Trinajstić information content (AvgIpc) is 2.35. The fraction of sp³-hybridized carbons (Fsp3) is 0.571. The maximum absolute atomic E-state index is 3.53. The fourth-order valence-electron chi connectivity index (χ4n) is 1.84. The SMILES string of the molecule is CCC(CNC)CNCCc1ccc(Br)cc1. The highest BCUT2D eigenvalue weighted by Gasteiger charge is 2.03. The van der Waals surface area contributed by atoms with Crippen LogP contribution >= 0.6 is 15.9 Å². The van der Waals surface area contributed by atoms with Gasteiger partial charge in [0.05, 0.1) is 0 Å². The van der Waals surface area contributed by atoms with Crippen LogP contribution < -0.4 is 10.6 Å². The molecule has 0 fully saturated rings. The van der Waals surface area contributed by atoms with Gasteiger partial charge in [-0.25, -0.2) is 0 Å². The second kappa shape index (κ2) is 8.67. The molecular formula is C14H23BrN2. The van der Waals surface area contributed by atoms with E-state index in [0.717, 1.165) is 36.4 Å². The van der Waals surface area contributed by atoms with Crippen molar-refractivity contribution in [3.8, 4) is 0 Å². The Kier molecular flexibility index (Phi) is 7.49. The second-order valence-corrected chi connectivity index (χ2v) is 5.33. The largest absolute Gasteiger partial charge is 0.319 e. The van der Waals surface area contributed by atoms with Crippen LogP contribution in [0, 0.1) is 5.92 Å². The van der Waals surface area contributed by atoms with Crippen LogP contribution in [0.5, 0.6) is 0 Å². The van der Waals surface area contributed by atoms with Crippen molar-refractivity contribution < 1.29 is 0 Å². The van der Waals surface area contributed by atoms with Crippen molar-refractivity contribution in [3.05, 3.63) is 34.3 Å². The van der Waals surface area contributed by atoms with E-state index in [2.05, 4.69) is 57.8 Å². The number of hydrogen-bond acceptors (Lipinski definition) is 2. The van der Waals surface area contributed by atoms with E-state index < -0.39 is 0 Å². The molecule has 2 nitrogen and oxygen atoms in total. The lowest BCUT2D eigenvalue weighted by molar-refractivity contribution is 0.447. The first kappa shape index (κ1) is 14.7. The van der Waals surface area contributed by atoms with Crippen molar-refractivity contribution in [1.82, 2.24) is 10.6 Å². The van der Waals surface area contributed by atoms with E-state index in [-0.39, 0.29) is 0 Å². The van der Waals surface area contributed by atoms with Gasteiger partial charge < -0.3 is 10.6 Å². The van der Waals surface area contributed by atoms with E-state index in [9.17, 15) is 0 Å². The zero-order valence-corrected chi connectivity index (χ0v) is 12.4. The minimum absolute atomic E-state index is 0.741. The maximum Gasteiger partial charge on any atom is 0.0175 e. The normalized spacial score (nSPS) is 12.6. The van der Waals surface area contributed by atoms with Crippen LogP contribution in [-0.4, -0.2) is 26.7 Å². The quantitative estimate of drug-likeness (QED) is 0.721. The van der Waals surface area contributed by atoms with Gasteiger partial charge in [-0.3, -0.25) is 0 Å². The third kappa shape index (κ3) is 6.20. The van der Waals surface area contributed by atoms with Gasteiger partial charge in [0.15, 0.2) is 0 Å². The molecule has 0 spiro atoms. The van der Waals surface area contributed by atoms with E-state index in [0.29, 0.717) is 0 Å². The molecule has 0 heterocycles. The minimum atomic E-state index is 0.741. The molecule has 3 heteroatoms. The molecule has 0 radical (unpaired) electrons. The molecule has 0 aliphatic carbocycles. The highest BCUT2D eigenvalue weighted by atomic mass is 79.9. The topological polar surface area (TPSA) is 24.1 Å². The van der Waals surface area contributed by atoms with Gasteiger partial charge in [-0.2, -0.15) is 0 Å². The summed E-state index contributed by atoms with van der Waals surface area (Å²) in [6.45, 7) is 5.51. The van der Waals surface area contributed by atoms with E-state index in [4.69, 9.17) is 0 Å². The van der Waals surface area contributed by atoms with E-state index >= 15 is 0 Å². The molecule has 1 aromatic carbocycles. The summed E-state index contributed by atoms with van der Waals surface area (Å²) in [5.41, 5.74) is 1.39. The lowest BCUT2D eigenvalue weighted by Crippen LogP contribution is -2.30. The molecule has 0 aromatic heterocycles. The van der Waals surface area contributed by atoms with Gasteiger partial charge in [0.2, 0.25) is 0 Å². The van der Waals surface area contributed by atoms with Crippen LogP contribution in [0.2, 0.25) is 0 Å². The van der Waals surface area contributed by atoms with Crippen LogP contribution in [0.3, 0.4) is 0 Å². The second-order valence-electron chi connectivity index (χ2n) is 4.41. The van der Waals surface area contributed by atoms with Crippen LogP contribution in [0.15, 0.2) is 28.7 Å². The molecule has 2 N–H and O–H groups in total. The lowest BCUT2D eigenvalue weighted by atomic mass is 10.1. The Morgan fingerprint density at radius 3 is 2.47 bits per heavy atom. The summed E-state index contributed by atoms with van der Waals surface area (Å²) in [5, 5.41) is 6.77. The van der Waals surface area contributed by atoms with Crippen molar-refractivity contribution in [3.63, 3.8) is 0 Å². The molecular weight excluding hydrogens is 276 g/mol. The Hall–Kier alpha value is -0.380. The maximum atomic E-state index is 3.53. The summed E-state index contributed by atoms with van der Waals surface area (Å²) >= 11 is 3.45. The van der Waals surface area contributed by atoms with E-state index in [1.54, 1.807) is 0 Å². The average molecular weight is 299 g/mol. The van der Waals surface area contributed by atoms with Gasteiger partial charge in [-0.15, -0.1) is 0 Å². The Balaban J connectivity index is 2.17. The molecule has 1 atom stereocenters. The fourth-order valence-corrected chi connectivity index (χ4v) is 2.10. The smallest absolute Gasteiger partial charge is 0.0175 e. The number of rotatable bonds is 8. The van der Waals surface area contributed by atoms with E-state index in [1.807, 2.05) is 7.05 Å². The van der Waals surface area contributed by atoms with Crippen molar-refractivity contribution in [2.45, 2.75) is 19.8 Å². The number of hydrogen-bond donors (Lipinski definition) is 2. The van der Waals surface area contributed by atoms with Gasteiger partial charge >= 0.3 is 0 Å². The molecule has 0 aliphatic rings. The first-order chi connectivity index (χ1) is 8.26. The van der Waals surface area contributed by atoms with Crippen LogP contribution in [0.1, 0.15) is 18.9 Å². The van der Waals surface area contributed by atoms with Crippen LogP contribution in [0.25, 0.3) is 0 Å². The monoisotopic (exact) mass is 298 g/mol. The summed E-state index contributed by atoms with van der Waals surface area (Å²) in [6, 6.07) is 8.56. The zero-order valence-electron chi connectivity index (χ0n) is 10.8. The Labute approximate surface area is 113 Å². The molecule has 1 rings (SSSR count). The molecule has 1 unspecified atom stereocenters. The standard InChI is InChI=1S/C14H23BrN2/c1-3-12(10-16-2)11-17-9-8-13-4-6-14(15)7-5-13/h4-7,12,16-17H,3,8-11H2,1-2H3. The summed E-state index contributed by atoms with van der Waals surface area (Å²) < 4.78 is 1.15. The Morgan fingerprint density at radius 1 is 1.18 bits per heavy atom. The van der Waals surface area contributed by atoms with E-state index in [1.165, 1.54) is 12.0 Å². The lowest BCUT2D eigenvalue weighted by Gasteiger charge is -2.15. The van der Waals surface area contributed by atoms with Crippen LogP contribution in [-0.2, 0) is 6.42 Å². The van der Waals surface area contributed by atoms with Crippen molar-refractivity contribution in [2.75, 3.05) is 26.7 Å². The molecule has 0 saturated carbocycles. The number of halogens is 1. The predicted molar refractivity (Wildman–Crippen MR) is 78.4 cm³/mol. The Bertz CT molecular complexity index is 298. The minimum Gasteiger partial charge on any atom is -0.319 e. The van der Waals surface area contributed by atoms with Crippen molar-refractivity contribution in [1.29, 1.82) is 0 Å². The van der Waals surface area contributed by atoms with Gasteiger partial charge in [0.1, 0.15) is 0 Å². The first-order valence-corrected chi connectivity index (χ1v) is 7.15.